The molecule has 2 aromatic rings. The van der Waals surface area contributed by atoms with Crippen molar-refractivity contribution in [1.29, 1.82) is 0 Å². The van der Waals surface area contributed by atoms with E-state index in [4.69, 9.17) is 23.1 Å². The lowest BCUT2D eigenvalue weighted by Gasteiger charge is -2.17. The third kappa shape index (κ3) is 4.82. The SMILES string of the molecule is Cc1oc(-c2ccccc2)cc2c(-c3ccccc3)[n+](C)c(C)c1-2.[O-][Cl+3]([O-])([O-])[O-]. The summed E-state index contributed by atoms with van der Waals surface area (Å²) in [5, 5.41) is 0. The number of nitrogens with zero attached hydrogens (tertiary/aromatic N) is 1. The number of halogens is 1. The second-order valence-corrected chi connectivity index (χ2v) is 7.31. The van der Waals surface area contributed by atoms with E-state index < -0.39 is 10.2 Å². The highest BCUT2D eigenvalue weighted by atomic mass is 35.7. The van der Waals surface area contributed by atoms with Crippen LogP contribution in [0.2, 0.25) is 0 Å². The van der Waals surface area contributed by atoms with Crippen LogP contribution in [0.3, 0.4) is 0 Å². The lowest BCUT2D eigenvalue weighted by atomic mass is 9.99. The maximum atomic E-state index is 8.49. The topological polar surface area (TPSA) is 109 Å². The van der Waals surface area contributed by atoms with Crippen molar-refractivity contribution in [2.75, 3.05) is 0 Å². The van der Waals surface area contributed by atoms with Gasteiger partial charge in [0.15, 0.2) is 5.69 Å². The Bertz CT molecular complexity index is 1070. The lowest BCUT2D eigenvalue weighted by Crippen LogP contribution is -2.68. The average Bonchev–Trinajstić information content (AvgIpc) is 2.93. The van der Waals surface area contributed by atoms with Gasteiger partial charge in [0, 0.05) is 18.1 Å². The molecule has 6 nitrogen and oxygen atoms in total. The van der Waals surface area contributed by atoms with Crippen LogP contribution in [0.1, 0.15) is 11.5 Å². The summed E-state index contributed by atoms with van der Waals surface area (Å²) in [6.45, 7) is 4.20. The van der Waals surface area contributed by atoms with Crippen molar-refractivity contribution in [3.8, 4) is 33.7 Å². The summed E-state index contributed by atoms with van der Waals surface area (Å²) in [5.74, 6) is 1.87. The predicted octanol–water partition coefficient (Wildman–Crippen LogP) is 0.404. The zero-order chi connectivity index (χ0) is 21.2. The third-order valence-electron chi connectivity index (χ3n) is 4.72. The van der Waals surface area contributed by atoms with Gasteiger partial charge in [-0.05, 0) is 25.1 Å². The molecule has 0 radical (unpaired) electrons. The molecule has 2 heterocycles. The summed E-state index contributed by atoms with van der Waals surface area (Å²) >= 11 is 0. The minimum absolute atomic E-state index is 0.906. The molecule has 2 aromatic carbocycles. The molecule has 150 valence electrons. The van der Waals surface area contributed by atoms with Crippen molar-refractivity contribution < 1.29 is 37.9 Å². The van der Waals surface area contributed by atoms with Crippen LogP contribution in [0.25, 0.3) is 33.7 Å². The van der Waals surface area contributed by atoms with E-state index in [2.05, 4.69) is 74.0 Å². The van der Waals surface area contributed by atoms with Crippen molar-refractivity contribution in [2.45, 2.75) is 13.8 Å². The first-order valence-electron chi connectivity index (χ1n) is 8.82. The van der Waals surface area contributed by atoms with E-state index in [9.17, 15) is 0 Å². The maximum absolute atomic E-state index is 8.49. The molecule has 0 fully saturated rings. The van der Waals surface area contributed by atoms with Crippen molar-refractivity contribution in [3.05, 3.63) is 78.2 Å². The zero-order valence-corrected chi connectivity index (χ0v) is 17.0. The second-order valence-electron chi connectivity index (χ2n) is 6.56. The quantitative estimate of drug-likeness (QED) is 0.442. The Morgan fingerprint density at radius 2 is 1.28 bits per heavy atom. The molecule has 0 saturated carbocycles. The molecule has 0 aliphatic carbocycles. The van der Waals surface area contributed by atoms with Crippen molar-refractivity contribution in [2.24, 2.45) is 7.05 Å². The van der Waals surface area contributed by atoms with Gasteiger partial charge in [0.2, 0.25) is 5.69 Å². The Morgan fingerprint density at radius 1 is 0.793 bits per heavy atom. The van der Waals surface area contributed by atoms with Crippen LogP contribution in [-0.4, -0.2) is 0 Å². The summed E-state index contributed by atoms with van der Waals surface area (Å²) in [7, 11) is -2.82. The largest absolute Gasteiger partial charge is 0.460 e. The third-order valence-corrected chi connectivity index (χ3v) is 4.72. The molecule has 2 aliphatic rings. The van der Waals surface area contributed by atoms with Crippen LogP contribution < -0.4 is 23.2 Å². The number of fused-ring (bicyclic) bond motifs is 1. The summed E-state index contributed by atoms with van der Waals surface area (Å²) < 4.78 is 42.4. The molecular weight excluding hydrogens is 394 g/mol. The van der Waals surface area contributed by atoms with Crippen LogP contribution in [0.5, 0.6) is 0 Å². The highest BCUT2D eigenvalue weighted by Gasteiger charge is 2.31. The molecule has 7 heteroatoms. The van der Waals surface area contributed by atoms with Gasteiger partial charge in [-0.25, -0.2) is 18.6 Å². The van der Waals surface area contributed by atoms with Gasteiger partial charge in [-0.3, -0.25) is 0 Å². The van der Waals surface area contributed by atoms with E-state index in [1.54, 1.807) is 0 Å². The van der Waals surface area contributed by atoms with Gasteiger partial charge in [0.05, 0.1) is 11.1 Å². The van der Waals surface area contributed by atoms with E-state index in [0.29, 0.717) is 0 Å². The zero-order valence-electron chi connectivity index (χ0n) is 16.2. The predicted molar refractivity (Wildman–Crippen MR) is 96.9 cm³/mol. The molecule has 29 heavy (non-hydrogen) atoms. The minimum Gasteiger partial charge on any atom is -0.460 e. The number of hydrogen-bond acceptors (Lipinski definition) is 5. The highest BCUT2D eigenvalue weighted by Crippen LogP contribution is 2.39. The number of hydrogen-bond donors (Lipinski definition) is 0. The van der Waals surface area contributed by atoms with Crippen molar-refractivity contribution >= 4 is 0 Å². The molecule has 2 aliphatic heterocycles. The van der Waals surface area contributed by atoms with Crippen LogP contribution in [0.4, 0.5) is 0 Å². The molecule has 0 aromatic heterocycles. The van der Waals surface area contributed by atoms with Crippen LogP contribution in [-0.2, 0) is 7.05 Å². The summed E-state index contributed by atoms with van der Waals surface area (Å²) in [4.78, 5) is 0. The Morgan fingerprint density at radius 3 is 1.79 bits per heavy atom. The first-order valence-corrected chi connectivity index (χ1v) is 10.1. The number of rotatable bonds is 2. The Kier molecular flexibility index (Phi) is 6.02. The second kappa shape index (κ2) is 8.32. The number of aryl methyl sites for hydroxylation is 1. The van der Waals surface area contributed by atoms with Crippen LogP contribution >= 0.6 is 0 Å². The minimum atomic E-state index is -4.94. The van der Waals surface area contributed by atoms with Crippen molar-refractivity contribution in [1.82, 2.24) is 0 Å². The molecule has 0 unspecified atom stereocenters. The van der Waals surface area contributed by atoms with Crippen LogP contribution in [0, 0.1) is 24.1 Å². The van der Waals surface area contributed by atoms with E-state index in [0.717, 1.165) is 17.1 Å². The van der Waals surface area contributed by atoms with Gasteiger partial charge >= 0.3 is 0 Å². The van der Waals surface area contributed by atoms with E-state index in [1.165, 1.54) is 28.1 Å². The van der Waals surface area contributed by atoms with Crippen molar-refractivity contribution in [3.63, 3.8) is 0 Å². The van der Waals surface area contributed by atoms with E-state index >= 15 is 0 Å². The van der Waals surface area contributed by atoms with Gasteiger partial charge < -0.3 is 4.42 Å². The molecule has 0 N–H and O–H groups in total. The summed E-state index contributed by atoms with van der Waals surface area (Å²) in [6, 6.07) is 23.0. The molecule has 0 saturated heterocycles. The first-order chi connectivity index (χ1) is 13.7. The summed E-state index contributed by atoms with van der Waals surface area (Å²) in [5.41, 5.74) is 7.23. The van der Waals surface area contributed by atoms with E-state index in [-0.39, 0.29) is 0 Å². The molecular formula is C22H20ClNO5. The smallest absolute Gasteiger partial charge is 0.220 e. The van der Waals surface area contributed by atoms with Crippen LogP contribution in [0.15, 0.2) is 71.1 Å². The van der Waals surface area contributed by atoms with Gasteiger partial charge in [-0.2, -0.15) is 4.57 Å². The van der Waals surface area contributed by atoms with Gasteiger partial charge in [0.1, 0.15) is 18.6 Å². The molecule has 0 spiro atoms. The lowest BCUT2D eigenvalue weighted by molar-refractivity contribution is -2.00. The number of aromatic nitrogens is 1. The normalized spacial score (nSPS) is 11.3. The number of benzene rings is 2. The Labute approximate surface area is 171 Å². The molecule has 0 atom stereocenters. The monoisotopic (exact) mass is 413 g/mol. The highest BCUT2D eigenvalue weighted by molar-refractivity contribution is 5.84. The van der Waals surface area contributed by atoms with E-state index in [1.807, 2.05) is 18.2 Å². The van der Waals surface area contributed by atoms with Gasteiger partial charge in [-0.1, -0.05) is 48.5 Å². The standard InChI is InChI=1S/C22H20NO.ClHO4/c1-15-21-16(2)24-20(17-10-6-4-7-11-17)14-19(21)22(23(15)3)18-12-8-5-9-13-18;2-1(3,4)5/h4-14H,1-3H3;(H,2,3,4,5)/q+1;/p-1. The Hall–Kier alpha value is -2.74. The fourth-order valence-corrected chi connectivity index (χ4v) is 3.48. The Balaban J connectivity index is 0.000000431. The van der Waals surface area contributed by atoms with Gasteiger partial charge in [-0.15, -0.1) is 10.2 Å². The average molecular weight is 414 g/mol. The fourth-order valence-electron chi connectivity index (χ4n) is 3.48. The van der Waals surface area contributed by atoms with Gasteiger partial charge in [0.25, 0.3) is 0 Å². The first kappa shape index (κ1) is 21.0. The molecule has 0 amide bonds. The molecule has 0 bridgehead atoms. The fraction of sp³-hybridized carbons (Fsp3) is 0.136. The maximum Gasteiger partial charge on any atom is 0.220 e. The summed E-state index contributed by atoms with van der Waals surface area (Å²) in [6.07, 6.45) is 0. The molecule has 4 rings (SSSR count).